The van der Waals surface area contributed by atoms with E-state index in [2.05, 4.69) is 16.2 Å². The van der Waals surface area contributed by atoms with Crippen LogP contribution in [0.15, 0.2) is 6.33 Å². The highest BCUT2D eigenvalue weighted by atomic mass is 15.1. The number of imidazole rings is 1. The standard InChI is InChI=1S/C16H23N3/c1-2-17-8-15-14(1)18-9-19(15)16-12-4-10-3-11(6-12)7-13(16)5-10/h9-13,16-17H,1-8H2. The predicted octanol–water partition coefficient (Wildman–Crippen LogP) is 2.53. The Kier molecular flexibility index (Phi) is 2.21. The van der Waals surface area contributed by atoms with Crippen molar-refractivity contribution in [1.82, 2.24) is 14.9 Å². The third-order valence-electron chi connectivity index (χ3n) is 6.31. The van der Waals surface area contributed by atoms with E-state index in [1.165, 1.54) is 37.1 Å². The Hall–Kier alpha value is -0.830. The average molecular weight is 257 g/mol. The molecule has 1 aromatic rings. The number of rotatable bonds is 1. The normalized spacial score (nSPS) is 43.5. The molecule has 3 heteroatoms. The molecule has 0 unspecified atom stereocenters. The van der Waals surface area contributed by atoms with Crippen LogP contribution in [-0.2, 0) is 13.0 Å². The van der Waals surface area contributed by atoms with Gasteiger partial charge in [-0.25, -0.2) is 4.98 Å². The van der Waals surface area contributed by atoms with Crippen LogP contribution >= 0.6 is 0 Å². The Labute approximate surface area is 114 Å². The number of hydrogen-bond donors (Lipinski definition) is 1. The summed E-state index contributed by atoms with van der Waals surface area (Å²) in [5, 5.41) is 3.53. The fraction of sp³-hybridized carbons (Fsp3) is 0.812. The van der Waals surface area contributed by atoms with Gasteiger partial charge in [0.2, 0.25) is 0 Å². The molecule has 3 nitrogen and oxygen atoms in total. The van der Waals surface area contributed by atoms with Gasteiger partial charge in [-0.3, -0.25) is 0 Å². The van der Waals surface area contributed by atoms with Gasteiger partial charge in [0.15, 0.2) is 0 Å². The van der Waals surface area contributed by atoms with Crippen LogP contribution < -0.4 is 5.32 Å². The van der Waals surface area contributed by atoms with E-state index in [0.29, 0.717) is 0 Å². The second kappa shape index (κ2) is 3.85. The van der Waals surface area contributed by atoms with Gasteiger partial charge in [0.1, 0.15) is 0 Å². The summed E-state index contributed by atoms with van der Waals surface area (Å²) < 4.78 is 2.59. The Morgan fingerprint density at radius 3 is 2.53 bits per heavy atom. The number of nitrogens with one attached hydrogen (secondary N) is 1. The number of fused-ring (bicyclic) bond motifs is 1. The van der Waals surface area contributed by atoms with Gasteiger partial charge in [-0.05, 0) is 55.8 Å². The van der Waals surface area contributed by atoms with Crippen molar-refractivity contribution in [3.8, 4) is 0 Å². The van der Waals surface area contributed by atoms with Crippen molar-refractivity contribution in [3.05, 3.63) is 17.7 Å². The van der Waals surface area contributed by atoms with Crippen LogP contribution in [0.1, 0.15) is 49.5 Å². The molecule has 0 aromatic carbocycles. The summed E-state index contributed by atoms with van der Waals surface area (Å²) >= 11 is 0. The zero-order valence-electron chi connectivity index (χ0n) is 11.5. The third kappa shape index (κ3) is 1.51. The van der Waals surface area contributed by atoms with Gasteiger partial charge in [0.05, 0.1) is 17.7 Å². The first kappa shape index (κ1) is 10.9. The predicted molar refractivity (Wildman–Crippen MR) is 73.7 cm³/mol. The van der Waals surface area contributed by atoms with Gasteiger partial charge >= 0.3 is 0 Å². The van der Waals surface area contributed by atoms with E-state index in [4.69, 9.17) is 4.98 Å². The fourth-order valence-electron chi connectivity index (χ4n) is 5.85. The molecule has 0 saturated heterocycles. The van der Waals surface area contributed by atoms with Crippen molar-refractivity contribution < 1.29 is 0 Å². The largest absolute Gasteiger partial charge is 0.329 e. The minimum absolute atomic E-state index is 0.781. The molecule has 2 heterocycles. The quantitative estimate of drug-likeness (QED) is 0.838. The highest BCUT2D eigenvalue weighted by Gasteiger charge is 2.49. The Balaban J connectivity index is 1.54. The van der Waals surface area contributed by atoms with Gasteiger partial charge < -0.3 is 9.88 Å². The molecular weight excluding hydrogens is 234 g/mol. The number of aromatic nitrogens is 2. The second-order valence-corrected chi connectivity index (χ2v) is 7.39. The Morgan fingerprint density at radius 2 is 1.79 bits per heavy atom. The van der Waals surface area contributed by atoms with Crippen molar-refractivity contribution in [1.29, 1.82) is 0 Å². The lowest BCUT2D eigenvalue weighted by molar-refractivity contribution is -0.0302. The fourth-order valence-corrected chi connectivity index (χ4v) is 5.85. The van der Waals surface area contributed by atoms with E-state index in [0.717, 1.165) is 49.2 Å². The first-order valence-corrected chi connectivity index (χ1v) is 8.14. The molecule has 0 amide bonds. The van der Waals surface area contributed by atoms with Crippen molar-refractivity contribution in [2.75, 3.05) is 6.54 Å². The third-order valence-corrected chi connectivity index (χ3v) is 6.31. The van der Waals surface area contributed by atoms with Crippen molar-refractivity contribution >= 4 is 0 Å². The Bertz CT molecular complexity index is 476. The summed E-state index contributed by atoms with van der Waals surface area (Å²) in [6, 6.07) is 0.781. The number of nitrogens with zero attached hydrogens (tertiary/aromatic N) is 2. The first-order valence-electron chi connectivity index (χ1n) is 8.14. The lowest BCUT2D eigenvalue weighted by Gasteiger charge is -2.55. The van der Waals surface area contributed by atoms with E-state index in [1.807, 2.05) is 0 Å². The topological polar surface area (TPSA) is 29.9 Å². The van der Waals surface area contributed by atoms with Crippen LogP contribution in [0, 0.1) is 23.7 Å². The molecule has 19 heavy (non-hydrogen) atoms. The van der Waals surface area contributed by atoms with E-state index in [1.54, 1.807) is 6.42 Å². The minimum atomic E-state index is 0.781. The van der Waals surface area contributed by atoms with Gasteiger partial charge in [0.25, 0.3) is 0 Å². The maximum Gasteiger partial charge on any atom is 0.0954 e. The van der Waals surface area contributed by atoms with Crippen LogP contribution in [0.25, 0.3) is 0 Å². The highest BCUT2D eigenvalue weighted by Crippen LogP contribution is 2.58. The summed E-state index contributed by atoms with van der Waals surface area (Å²) in [6.07, 6.45) is 10.8. The summed E-state index contributed by atoms with van der Waals surface area (Å²) in [4.78, 5) is 4.71. The molecule has 1 N–H and O–H groups in total. The van der Waals surface area contributed by atoms with E-state index in [9.17, 15) is 0 Å². The molecule has 0 spiro atoms. The van der Waals surface area contributed by atoms with Crippen LogP contribution in [0.2, 0.25) is 0 Å². The maximum atomic E-state index is 4.71. The van der Waals surface area contributed by atoms with Crippen LogP contribution in [-0.4, -0.2) is 16.1 Å². The number of hydrogen-bond acceptors (Lipinski definition) is 2. The average Bonchev–Trinajstić information content (AvgIpc) is 2.82. The van der Waals surface area contributed by atoms with Crippen LogP contribution in [0.4, 0.5) is 0 Å². The molecule has 4 aliphatic carbocycles. The van der Waals surface area contributed by atoms with Crippen molar-refractivity contribution in [2.45, 2.75) is 51.1 Å². The molecule has 1 aliphatic heterocycles. The summed E-state index contributed by atoms with van der Waals surface area (Å²) in [5.74, 6) is 4.04. The monoisotopic (exact) mass is 257 g/mol. The van der Waals surface area contributed by atoms with Gasteiger partial charge in [-0.15, -0.1) is 0 Å². The maximum absolute atomic E-state index is 4.71. The van der Waals surface area contributed by atoms with E-state index < -0.39 is 0 Å². The SMILES string of the molecule is c1nc2c(n1C1C3CC4CC(C3)CC1C4)CNCC2. The van der Waals surface area contributed by atoms with Crippen molar-refractivity contribution in [2.24, 2.45) is 23.7 Å². The molecule has 4 bridgehead atoms. The van der Waals surface area contributed by atoms with Gasteiger partial charge in [-0.1, -0.05) is 0 Å². The van der Waals surface area contributed by atoms with Gasteiger partial charge in [-0.2, -0.15) is 0 Å². The lowest BCUT2D eigenvalue weighted by Crippen LogP contribution is -2.46. The van der Waals surface area contributed by atoms with Crippen molar-refractivity contribution in [3.63, 3.8) is 0 Å². The zero-order valence-corrected chi connectivity index (χ0v) is 11.5. The summed E-state index contributed by atoms with van der Waals surface area (Å²) in [5.41, 5.74) is 2.87. The molecular formula is C16H23N3. The molecule has 4 fully saturated rings. The van der Waals surface area contributed by atoms with Crippen LogP contribution in [0.3, 0.4) is 0 Å². The Morgan fingerprint density at radius 1 is 1.05 bits per heavy atom. The van der Waals surface area contributed by atoms with E-state index in [-0.39, 0.29) is 0 Å². The first-order chi connectivity index (χ1) is 9.38. The summed E-state index contributed by atoms with van der Waals surface area (Å²) in [7, 11) is 0. The molecule has 5 aliphatic rings. The molecule has 0 radical (unpaired) electrons. The smallest absolute Gasteiger partial charge is 0.0954 e. The molecule has 6 rings (SSSR count). The van der Waals surface area contributed by atoms with Gasteiger partial charge in [0, 0.05) is 25.6 Å². The minimum Gasteiger partial charge on any atom is -0.329 e. The molecule has 0 atom stereocenters. The summed E-state index contributed by atoms with van der Waals surface area (Å²) in [6.45, 7) is 2.14. The second-order valence-electron chi connectivity index (χ2n) is 7.39. The molecule has 102 valence electrons. The molecule has 1 aromatic heterocycles. The zero-order chi connectivity index (χ0) is 12.4. The highest BCUT2D eigenvalue weighted by molar-refractivity contribution is 5.18. The lowest BCUT2D eigenvalue weighted by atomic mass is 9.54. The van der Waals surface area contributed by atoms with Crippen LogP contribution in [0.5, 0.6) is 0 Å². The molecule has 4 saturated carbocycles. The van der Waals surface area contributed by atoms with E-state index >= 15 is 0 Å².